The molecular weight excluding hydrogens is 246 g/mol. The highest BCUT2D eigenvalue weighted by atomic mass is 32.2. The second kappa shape index (κ2) is 4.86. The molecule has 0 bridgehead atoms. The molecule has 1 aliphatic heterocycles. The van der Waals surface area contributed by atoms with Crippen molar-refractivity contribution in [2.75, 3.05) is 5.75 Å². The first-order valence-corrected chi connectivity index (χ1v) is 6.85. The molecule has 1 aliphatic rings. The average Bonchev–Trinajstić information content (AvgIpc) is 2.93. The van der Waals surface area contributed by atoms with Gasteiger partial charge in [0.05, 0.1) is 6.04 Å². The second-order valence-electron chi connectivity index (χ2n) is 4.17. The van der Waals surface area contributed by atoms with Gasteiger partial charge < -0.3 is 5.32 Å². The summed E-state index contributed by atoms with van der Waals surface area (Å²) in [5.41, 5.74) is 1.72. The summed E-state index contributed by atoms with van der Waals surface area (Å²) in [6.07, 6.45) is 2.54. The molecule has 4 nitrogen and oxygen atoms in total. The van der Waals surface area contributed by atoms with Crippen LogP contribution in [-0.2, 0) is 0 Å². The van der Waals surface area contributed by atoms with Gasteiger partial charge in [0.1, 0.15) is 5.69 Å². The summed E-state index contributed by atoms with van der Waals surface area (Å²) >= 11 is 1.85. The van der Waals surface area contributed by atoms with Gasteiger partial charge in [-0.15, -0.1) is 11.8 Å². The van der Waals surface area contributed by atoms with Gasteiger partial charge in [-0.3, -0.25) is 9.89 Å². The Kier molecular flexibility index (Phi) is 3.06. The highest BCUT2D eigenvalue weighted by Crippen LogP contribution is 2.35. The molecule has 0 saturated carbocycles. The van der Waals surface area contributed by atoms with Crippen LogP contribution in [0.1, 0.15) is 28.5 Å². The number of carbonyl (C=O) groups excluding carboxylic acids is 1. The summed E-state index contributed by atoms with van der Waals surface area (Å²) in [6.45, 7) is 0. The molecule has 92 valence electrons. The number of H-pyrrole nitrogens is 1. The minimum atomic E-state index is -0.0980. The van der Waals surface area contributed by atoms with Crippen LogP contribution in [0.5, 0.6) is 0 Å². The third kappa shape index (κ3) is 2.13. The molecule has 0 unspecified atom stereocenters. The molecule has 0 fully saturated rings. The van der Waals surface area contributed by atoms with Crippen molar-refractivity contribution in [3.8, 4) is 0 Å². The van der Waals surface area contributed by atoms with Crippen LogP contribution in [0.4, 0.5) is 0 Å². The lowest BCUT2D eigenvalue weighted by Gasteiger charge is -2.25. The molecule has 5 heteroatoms. The third-order valence-electron chi connectivity index (χ3n) is 3.01. The molecule has 0 spiro atoms. The fraction of sp³-hybridized carbons (Fsp3) is 0.231. The van der Waals surface area contributed by atoms with E-state index in [9.17, 15) is 4.79 Å². The van der Waals surface area contributed by atoms with Gasteiger partial charge in [-0.2, -0.15) is 5.10 Å². The SMILES string of the molecule is O=C(N[C@@H]1CCSc2ccccc21)c1ccn[nH]1. The molecule has 18 heavy (non-hydrogen) atoms. The minimum absolute atomic E-state index is 0.0956. The van der Waals surface area contributed by atoms with Crippen LogP contribution in [0.25, 0.3) is 0 Å². The predicted molar refractivity (Wildman–Crippen MR) is 70.6 cm³/mol. The van der Waals surface area contributed by atoms with Crippen molar-refractivity contribution in [3.63, 3.8) is 0 Å². The van der Waals surface area contributed by atoms with Crippen molar-refractivity contribution in [1.82, 2.24) is 15.5 Å². The van der Waals surface area contributed by atoms with E-state index in [1.807, 2.05) is 23.9 Å². The largest absolute Gasteiger partial charge is 0.344 e. The zero-order chi connectivity index (χ0) is 12.4. The Morgan fingerprint density at radius 3 is 3.11 bits per heavy atom. The number of fused-ring (bicyclic) bond motifs is 1. The topological polar surface area (TPSA) is 57.8 Å². The fourth-order valence-corrected chi connectivity index (χ4v) is 3.24. The molecule has 0 saturated heterocycles. The van der Waals surface area contributed by atoms with E-state index in [0.29, 0.717) is 5.69 Å². The van der Waals surface area contributed by atoms with Gasteiger partial charge in [0.25, 0.3) is 5.91 Å². The first-order valence-electron chi connectivity index (χ1n) is 5.86. The summed E-state index contributed by atoms with van der Waals surface area (Å²) in [4.78, 5) is 13.3. The highest BCUT2D eigenvalue weighted by Gasteiger charge is 2.22. The zero-order valence-corrected chi connectivity index (χ0v) is 10.5. The smallest absolute Gasteiger partial charge is 0.269 e. The zero-order valence-electron chi connectivity index (χ0n) is 9.72. The van der Waals surface area contributed by atoms with E-state index in [0.717, 1.165) is 12.2 Å². The van der Waals surface area contributed by atoms with Crippen molar-refractivity contribution in [2.24, 2.45) is 0 Å². The number of amides is 1. The van der Waals surface area contributed by atoms with Crippen LogP contribution in [0.15, 0.2) is 41.4 Å². The lowest BCUT2D eigenvalue weighted by atomic mass is 10.0. The van der Waals surface area contributed by atoms with Crippen LogP contribution in [-0.4, -0.2) is 21.9 Å². The molecule has 2 aromatic rings. The molecule has 1 amide bonds. The maximum Gasteiger partial charge on any atom is 0.269 e. The standard InChI is InChI=1S/C13H13N3OS/c17-13(11-5-7-14-16-11)15-10-6-8-18-12-4-2-1-3-9(10)12/h1-5,7,10H,6,8H2,(H,14,16)(H,15,17)/t10-/m1/s1. The van der Waals surface area contributed by atoms with Crippen molar-refractivity contribution < 1.29 is 4.79 Å². The Morgan fingerprint density at radius 2 is 2.28 bits per heavy atom. The molecule has 2 heterocycles. The Hall–Kier alpha value is -1.75. The number of hydrogen-bond donors (Lipinski definition) is 2. The molecule has 0 aliphatic carbocycles. The van der Waals surface area contributed by atoms with Crippen LogP contribution in [0.3, 0.4) is 0 Å². The first kappa shape index (κ1) is 11.3. The summed E-state index contributed by atoms with van der Waals surface area (Å²) < 4.78 is 0. The second-order valence-corrected chi connectivity index (χ2v) is 5.31. The van der Waals surface area contributed by atoms with Crippen molar-refractivity contribution in [2.45, 2.75) is 17.4 Å². The van der Waals surface area contributed by atoms with E-state index in [1.54, 1.807) is 12.3 Å². The van der Waals surface area contributed by atoms with Gasteiger partial charge in [-0.05, 0) is 24.1 Å². The van der Waals surface area contributed by atoms with Gasteiger partial charge in [-0.25, -0.2) is 0 Å². The Morgan fingerprint density at radius 1 is 1.39 bits per heavy atom. The summed E-state index contributed by atoms with van der Waals surface area (Å²) in [6, 6.07) is 10.0. The predicted octanol–water partition coefficient (Wildman–Crippen LogP) is 2.38. The highest BCUT2D eigenvalue weighted by molar-refractivity contribution is 7.99. The van der Waals surface area contributed by atoms with E-state index in [1.165, 1.54) is 10.5 Å². The Labute approximate surface area is 109 Å². The molecule has 3 rings (SSSR count). The van der Waals surface area contributed by atoms with Crippen LogP contribution in [0, 0.1) is 0 Å². The molecule has 2 N–H and O–H groups in total. The molecule has 1 aromatic carbocycles. The number of aromatic amines is 1. The lowest BCUT2D eigenvalue weighted by Crippen LogP contribution is -2.30. The van der Waals surface area contributed by atoms with Crippen molar-refractivity contribution in [1.29, 1.82) is 0 Å². The summed E-state index contributed by atoms with van der Waals surface area (Å²) in [5.74, 6) is 0.935. The lowest BCUT2D eigenvalue weighted by molar-refractivity contribution is 0.0930. The first-order chi connectivity index (χ1) is 8.84. The van der Waals surface area contributed by atoms with E-state index in [2.05, 4.69) is 27.6 Å². The number of benzene rings is 1. The van der Waals surface area contributed by atoms with Crippen LogP contribution < -0.4 is 5.32 Å². The summed E-state index contributed by atoms with van der Waals surface area (Å²) in [5, 5.41) is 9.53. The van der Waals surface area contributed by atoms with Crippen molar-refractivity contribution >= 4 is 17.7 Å². The fourth-order valence-electron chi connectivity index (χ4n) is 2.11. The number of carbonyl (C=O) groups is 1. The van der Waals surface area contributed by atoms with E-state index < -0.39 is 0 Å². The van der Waals surface area contributed by atoms with E-state index in [-0.39, 0.29) is 11.9 Å². The number of nitrogens with one attached hydrogen (secondary N) is 2. The number of thioether (sulfide) groups is 1. The van der Waals surface area contributed by atoms with Crippen LogP contribution >= 0.6 is 11.8 Å². The average molecular weight is 259 g/mol. The number of hydrogen-bond acceptors (Lipinski definition) is 3. The van der Waals surface area contributed by atoms with E-state index >= 15 is 0 Å². The van der Waals surface area contributed by atoms with E-state index in [4.69, 9.17) is 0 Å². The monoisotopic (exact) mass is 259 g/mol. The number of rotatable bonds is 2. The Balaban J connectivity index is 1.80. The summed E-state index contributed by atoms with van der Waals surface area (Å²) in [7, 11) is 0. The maximum atomic E-state index is 12.0. The molecular formula is C13H13N3OS. The van der Waals surface area contributed by atoms with Gasteiger partial charge >= 0.3 is 0 Å². The molecule has 0 radical (unpaired) electrons. The quantitative estimate of drug-likeness (QED) is 0.870. The van der Waals surface area contributed by atoms with Gasteiger partial charge in [0, 0.05) is 16.8 Å². The van der Waals surface area contributed by atoms with Gasteiger partial charge in [0.2, 0.25) is 0 Å². The third-order valence-corrected chi connectivity index (χ3v) is 4.13. The molecule has 1 atom stereocenters. The Bertz CT molecular complexity index is 553. The maximum absolute atomic E-state index is 12.0. The number of aromatic nitrogens is 2. The van der Waals surface area contributed by atoms with Gasteiger partial charge in [0.15, 0.2) is 0 Å². The molecule has 1 aromatic heterocycles. The van der Waals surface area contributed by atoms with Crippen LogP contribution in [0.2, 0.25) is 0 Å². The number of nitrogens with zero attached hydrogens (tertiary/aromatic N) is 1. The van der Waals surface area contributed by atoms with Gasteiger partial charge in [-0.1, -0.05) is 18.2 Å². The van der Waals surface area contributed by atoms with Crippen molar-refractivity contribution in [3.05, 3.63) is 47.8 Å². The normalized spacial score (nSPS) is 18.1. The minimum Gasteiger partial charge on any atom is -0.344 e.